The third-order valence-electron chi connectivity index (χ3n) is 7.13. The fourth-order valence-electron chi connectivity index (χ4n) is 5.49. The number of aliphatic hydroxyl groups excluding tert-OH is 3. The lowest BCUT2D eigenvalue weighted by Crippen LogP contribution is -2.38. The minimum absolute atomic E-state index is 0.167. The fraction of sp³-hybridized carbons (Fsp3) is 0.393. The molecule has 8 nitrogen and oxygen atoms in total. The van der Waals surface area contributed by atoms with Crippen molar-refractivity contribution in [2.24, 2.45) is 11.8 Å². The van der Waals surface area contributed by atoms with Crippen LogP contribution in [0.25, 0.3) is 21.9 Å². The highest BCUT2D eigenvalue weighted by Crippen LogP contribution is 2.38. The number of hydrogen-bond acceptors (Lipinski definition) is 7. The monoisotopic (exact) mass is 495 g/mol. The van der Waals surface area contributed by atoms with Crippen LogP contribution >= 0.6 is 0 Å². The summed E-state index contributed by atoms with van der Waals surface area (Å²) < 4.78 is 6.14. The highest BCUT2D eigenvalue weighted by molar-refractivity contribution is 5.99. The number of aromatic hydroxyl groups is 1. The molecule has 36 heavy (non-hydrogen) atoms. The van der Waals surface area contributed by atoms with Gasteiger partial charge in [0.15, 0.2) is 0 Å². The highest BCUT2D eigenvalue weighted by atomic mass is 16.5. The molecule has 1 aliphatic carbocycles. The van der Waals surface area contributed by atoms with E-state index in [1.54, 1.807) is 12.1 Å². The molecule has 0 bridgehead atoms. The zero-order valence-electron chi connectivity index (χ0n) is 20.0. The number of carbonyl (C=O) groups is 1. The molecule has 8 heteroatoms. The predicted octanol–water partition coefficient (Wildman–Crippen LogP) is 2.72. The van der Waals surface area contributed by atoms with Gasteiger partial charge in [-0.2, -0.15) is 0 Å². The summed E-state index contributed by atoms with van der Waals surface area (Å²) in [5.74, 6) is 1.65. The number of carboxylic acid groups (broad SMARTS) is 1. The van der Waals surface area contributed by atoms with E-state index < -0.39 is 18.3 Å². The van der Waals surface area contributed by atoms with Gasteiger partial charge in [-0.3, -0.25) is 4.79 Å². The standard InChI is InChI=1S/C27H31NO5.CH2O2/c29-21-8-5-18(6-9-21)27-23-4-2-1-3-17(23)7-10-26(27)33-16-22(30)15-28-13-19-11-24(31)25(32)12-20(19)14-28;2-1-3/h1-10,19-20,22,24-25,29-32H,11-16H2;1H,(H,2,3)/t19-,20+,22?,24+,25-;. The largest absolute Gasteiger partial charge is 0.508 e. The molecule has 0 amide bonds. The first kappa shape index (κ1) is 25.9. The summed E-state index contributed by atoms with van der Waals surface area (Å²) in [4.78, 5) is 10.6. The van der Waals surface area contributed by atoms with Crippen molar-refractivity contribution >= 4 is 17.2 Å². The number of β-amino-alcohol motifs (C(OH)–C–C–N with tert-alkyl or cyclic N) is 1. The lowest BCUT2D eigenvalue weighted by atomic mass is 9.79. The Bertz CT molecular complexity index is 1130. The van der Waals surface area contributed by atoms with E-state index >= 15 is 0 Å². The van der Waals surface area contributed by atoms with E-state index in [9.17, 15) is 20.4 Å². The summed E-state index contributed by atoms with van der Waals surface area (Å²) in [5.41, 5.74) is 1.88. The number of ether oxygens (including phenoxy) is 1. The molecule has 1 saturated heterocycles. The number of phenols is 1. The molecule has 5 rings (SSSR count). The fourth-order valence-corrected chi connectivity index (χ4v) is 5.49. The SMILES string of the molecule is O=CO.Oc1ccc(-c2c(OCC(O)CN3C[C@H]4C[C@H](O)[C@H](O)C[C@H]4C3)ccc3ccccc23)cc1. The molecule has 2 aliphatic rings. The van der Waals surface area contributed by atoms with Crippen molar-refractivity contribution in [3.05, 3.63) is 60.7 Å². The molecule has 5 N–H and O–H groups in total. The minimum atomic E-state index is -0.654. The van der Waals surface area contributed by atoms with Crippen LogP contribution in [-0.4, -0.2) is 81.5 Å². The van der Waals surface area contributed by atoms with Crippen molar-refractivity contribution in [3.63, 3.8) is 0 Å². The van der Waals surface area contributed by atoms with Gasteiger partial charge in [0.2, 0.25) is 0 Å². The van der Waals surface area contributed by atoms with Crippen LogP contribution in [0.4, 0.5) is 0 Å². The van der Waals surface area contributed by atoms with E-state index in [-0.39, 0.29) is 18.8 Å². The Labute approximate surface area is 210 Å². The van der Waals surface area contributed by atoms with Crippen LogP contribution < -0.4 is 4.74 Å². The van der Waals surface area contributed by atoms with E-state index in [1.807, 2.05) is 36.4 Å². The molecule has 3 aromatic rings. The molecule has 2 fully saturated rings. The number of hydrogen-bond donors (Lipinski definition) is 5. The first-order chi connectivity index (χ1) is 17.4. The van der Waals surface area contributed by atoms with E-state index in [0.717, 1.165) is 35.0 Å². The maximum absolute atomic E-state index is 10.7. The van der Waals surface area contributed by atoms with Crippen LogP contribution in [0.5, 0.6) is 11.5 Å². The van der Waals surface area contributed by atoms with E-state index in [2.05, 4.69) is 17.0 Å². The number of phenolic OH excluding ortho intramolecular Hbond substituents is 1. The Kier molecular flexibility index (Phi) is 8.43. The first-order valence-electron chi connectivity index (χ1n) is 12.2. The van der Waals surface area contributed by atoms with E-state index in [1.165, 1.54) is 0 Å². The normalized spacial score (nSPS) is 24.4. The number of aliphatic hydroxyl groups is 3. The lowest BCUT2D eigenvalue weighted by Gasteiger charge is -2.32. The Morgan fingerprint density at radius 2 is 1.56 bits per heavy atom. The minimum Gasteiger partial charge on any atom is -0.508 e. The van der Waals surface area contributed by atoms with Gasteiger partial charge in [0.25, 0.3) is 6.47 Å². The van der Waals surface area contributed by atoms with Crippen molar-refractivity contribution in [2.75, 3.05) is 26.2 Å². The van der Waals surface area contributed by atoms with Crippen molar-refractivity contribution in [1.82, 2.24) is 4.90 Å². The van der Waals surface area contributed by atoms with Crippen molar-refractivity contribution in [1.29, 1.82) is 0 Å². The van der Waals surface area contributed by atoms with Gasteiger partial charge in [-0.05, 0) is 59.2 Å². The average Bonchev–Trinajstić information content (AvgIpc) is 3.24. The quantitative estimate of drug-likeness (QED) is 0.330. The topological polar surface area (TPSA) is 131 Å². The summed E-state index contributed by atoms with van der Waals surface area (Å²) in [6, 6.07) is 19.1. The molecule has 0 spiro atoms. The molecule has 0 radical (unpaired) electrons. The van der Waals surface area contributed by atoms with Gasteiger partial charge in [0, 0.05) is 25.2 Å². The Hall–Kier alpha value is -3.17. The predicted molar refractivity (Wildman–Crippen MR) is 136 cm³/mol. The second kappa shape index (κ2) is 11.7. The van der Waals surface area contributed by atoms with Crippen LogP contribution in [0.2, 0.25) is 0 Å². The molecule has 0 aromatic heterocycles. The molecule has 192 valence electrons. The number of fused-ring (bicyclic) bond motifs is 2. The second-order valence-corrected chi connectivity index (χ2v) is 9.62. The lowest BCUT2D eigenvalue weighted by molar-refractivity contribution is -0.122. The summed E-state index contributed by atoms with van der Waals surface area (Å²) >= 11 is 0. The van der Waals surface area contributed by atoms with Gasteiger partial charge in [-0.25, -0.2) is 0 Å². The zero-order valence-corrected chi connectivity index (χ0v) is 20.0. The first-order valence-corrected chi connectivity index (χ1v) is 12.2. The van der Waals surface area contributed by atoms with E-state index in [4.69, 9.17) is 14.6 Å². The number of likely N-dealkylation sites (tertiary alicyclic amines) is 1. The van der Waals surface area contributed by atoms with Crippen LogP contribution in [0, 0.1) is 11.8 Å². The van der Waals surface area contributed by atoms with Gasteiger partial charge in [-0.15, -0.1) is 0 Å². The smallest absolute Gasteiger partial charge is 0.290 e. The third kappa shape index (κ3) is 5.96. The van der Waals surface area contributed by atoms with Crippen molar-refractivity contribution < 1.29 is 35.1 Å². The second-order valence-electron chi connectivity index (χ2n) is 9.62. The number of nitrogens with zero attached hydrogens (tertiary/aromatic N) is 1. The average molecular weight is 496 g/mol. The Morgan fingerprint density at radius 1 is 0.944 bits per heavy atom. The Balaban J connectivity index is 0.000000967. The molecule has 1 unspecified atom stereocenters. The van der Waals surface area contributed by atoms with Gasteiger partial charge in [0.1, 0.15) is 24.2 Å². The molecule has 1 heterocycles. The molecule has 1 aliphatic heterocycles. The maximum Gasteiger partial charge on any atom is 0.290 e. The molecule has 5 atom stereocenters. The van der Waals surface area contributed by atoms with E-state index in [0.29, 0.717) is 37.0 Å². The Morgan fingerprint density at radius 3 is 2.19 bits per heavy atom. The maximum atomic E-state index is 10.7. The molecular weight excluding hydrogens is 462 g/mol. The van der Waals surface area contributed by atoms with Gasteiger partial charge in [-0.1, -0.05) is 42.5 Å². The highest BCUT2D eigenvalue weighted by Gasteiger charge is 2.41. The third-order valence-corrected chi connectivity index (χ3v) is 7.13. The van der Waals surface area contributed by atoms with Gasteiger partial charge in [0.05, 0.1) is 12.2 Å². The molecular formula is C28H33NO7. The van der Waals surface area contributed by atoms with Crippen LogP contribution in [0.15, 0.2) is 60.7 Å². The summed E-state index contributed by atoms with van der Waals surface area (Å²) in [7, 11) is 0. The van der Waals surface area contributed by atoms with Crippen LogP contribution in [0.3, 0.4) is 0 Å². The molecule has 3 aromatic carbocycles. The molecule has 1 saturated carbocycles. The summed E-state index contributed by atoms with van der Waals surface area (Å²) in [5, 5.41) is 49.4. The van der Waals surface area contributed by atoms with Crippen molar-refractivity contribution in [3.8, 4) is 22.6 Å². The number of benzene rings is 3. The summed E-state index contributed by atoms with van der Waals surface area (Å²) in [6.07, 6.45) is -0.667. The van der Waals surface area contributed by atoms with Gasteiger partial charge < -0.3 is 35.2 Å². The zero-order chi connectivity index (χ0) is 25.7. The number of rotatable bonds is 6. The van der Waals surface area contributed by atoms with Crippen molar-refractivity contribution in [2.45, 2.75) is 31.2 Å². The van der Waals surface area contributed by atoms with Gasteiger partial charge >= 0.3 is 0 Å². The summed E-state index contributed by atoms with van der Waals surface area (Å²) in [6.45, 7) is 2.09. The van der Waals surface area contributed by atoms with Crippen LogP contribution in [-0.2, 0) is 4.79 Å². The van der Waals surface area contributed by atoms with Crippen LogP contribution in [0.1, 0.15) is 12.8 Å².